The van der Waals surface area contributed by atoms with E-state index in [1.807, 2.05) is 6.92 Å². The van der Waals surface area contributed by atoms with Gasteiger partial charge in [0.2, 0.25) is 0 Å². The normalized spacial score (nSPS) is 10.4. The summed E-state index contributed by atoms with van der Waals surface area (Å²) >= 11 is 0. The Morgan fingerprint density at radius 3 is 2.70 bits per heavy atom. The van der Waals surface area contributed by atoms with E-state index in [-0.39, 0.29) is 18.3 Å². The first-order chi connectivity index (χ1) is 9.51. The van der Waals surface area contributed by atoms with Crippen LogP contribution in [0.3, 0.4) is 0 Å². The Kier molecular flexibility index (Phi) is 4.10. The van der Waals surface area contributed by atoms with Gasteiger partial charge in [0.1, 0.15) is 5.82 Å². The van der Waals surface area contributed by atoms with Crippen LogP contribution in [0.4, 0.5) is 10.1 Å². The van der Waals surface area contributed by atoms with Gasteiger partial charge in [0, 0.05) is 23.5 Å². The topological polar surface area (TPSA) is 68.0 Å². The zero-order chi connectivity index (χ0) is 14.7. The number of nitrogens with zero attached hydrogens (tertiary/aromatic N) is 1. The number of hydrogen-bond donors (Lipinski definition) is 2. The number of amides is 1. The van der Waals surface area contributed by atoms with Crippen LogP contribution in [0.25, 0.3) is 0 Å². The van der Waals surface area contributed by atoms with E-state index >= 15 is 0 Å². The zero-order valence-corrected chi connectivity index (χ0v) is 11.4. The van der Waals surface area contributed by atoms with Gasteiger partial charge in [0.25, 0.3) is 5.91 Å². The molecule has 0 unspecified atom stereocenters. The molecule has 0 atom stereocenters. The Bertz CT molecular complexity index is 656. The van der Waals surface area contributed by atoms with Gasteiger partial charge in [-0.15, -0.1) is 0 Å². The van der Waals surface area contributed by atoms with Crippen LogP contribution in [0.2, 0.25) is 0 Å². The van der Waals surface area contributed by atoms with E-state index in [0.717, 1.165) is 5.69 Å². The SMILES string of the molecule is Cc1ccc(C(=O)Nc2ccc(F)c(CN)c2)c(C)n1. The van der Waals surface area contributed by atoms with E-state index in [0.29, 0.717) is 22.5 Å². The number of nitrogens with one attached hydrogen (secondary N) is 1. The number of aryl methyl sites for hydroxylation is 2. The van der Waals surface area contributed by atoms with Crippen molar-refractivity contribution in [1.29, 1.82) is 0 Å². The first-order valence-electron chi connectivity index (χ1n) is 6.25. The van der Waals surface area contributed by atoms with Gasteiger partial charge in [0.05, 0.1) is 11.3 Å². The third-order valence-corrected chi connectivity index (χ3v) is 2.99. The molecule has 0 aliphatic carbocycles. The number of rotatable bonds is 3. The molecule has 0 aliphatic heterocycles. The van der Waals surface area contributed by atoms with Gasteiger partial charge in [0.15, 0.2) is 0 Å². The van der Waals surface area contributed by atoms with Crippen molar-refractivity contribution in [3.05, 3.63) is 58.7 Å². The minimum atomic E-state index is -0.376. The average molecular weight is 273 g/mol. The highest BCUT2D eigenvalue weighted by molar-refractivity contribution is 6.05. The van der Waals surface area contributed by atoms with Crippen molar-refractivity contribution >= 4 is 11.6 Å². The lowest BCUT2D eigenvalue weighted by Crippen LogP contribution is -2.15. The Labute approximate surface area is 116 Å². The molecule has 4 nitrogen and oxygen atoms in total. The molecule has 2 aromatic rings. The smallest absolute Gasteiger partial charge is 0.257 e. The van der Waals surface area contributed by atoms with Gasteiger partial charge in [-0.3, -0.25) is 9.78 Å². The molecule has 0 radical (unpaired) electrons. The fourth-order valence-electron chi connectivity index (χ4n) is 1.93. The average Bonchev–Trinajstić information content (AvgIpc) is 2.40. The van der Waals surface area contributed by atoms with Crippen molar-refractivity contribution in [1.82, 2.24) is 4.98 Å². The standard InChI is InChI=1S/C15H16FN3O/c1-9-3-5-13(10(2)18-9)15(20)19-12-4-6-14(16)11(7-12)8-17/h3-7H,8,17H2,1-2H3,(H,19,20). The molecule has 0 saturated heterocycles. The van der Waals surface area contributed by atoms with Crippen LogP contribution >= 0.6 is 0 Å². The van der Waals surface area contributed by atoms with Crippen molar-refractivity contribution in [3.63, 3.8) is 0 Å². The molecule has 1 aromatic carbocycles. The molecule has 1 amide bonds. The molecule has 0 aliphatic rings. The molecular formula is C15H16FN3O. The molecule has 0 fully saturated rings. The summed E-state index contributed by atoms with van der Waals surface area (Å²) in [4.78, 5) is 16.4. The summed E-state index contributed by atoms with van der Waals surface area (Å²) in [6.45, 7) is 3.72. The number of carbonyl (C=O) groups is 1. The third-order valence-electron chi connectivity index (χ3n) is 2.99. The fraction of sp³-hybridized carbons (Fsp3) is 0.200. The number of anilines is 1. The fourth-order valence-corrected chi connectivity index (χ4v) is 1.93. The van der Waals surface area contributed by atoms with Crippen LogP contribution in [0.5, 0.6) is 0 Å². The highest BCUT2D eigenvalue weighted by Crippen LogP contribution is 2.16. The number of nitrogens with two attached hydrogens (primary N) is 1. The van der Waals surface area contributed by atoms with Crippen molar-refractivity contribution < 1.29 is 9.18 Å². The third kappa shape index (κ3) is 3.00. The molecule has 5 heteroatoms. The van der Waals surface area contributed by atoms with Gasteiger partial charge < -0.3 is 11.1 Å². The molecule has 3 N–H and O–H groups in total. The predicted molar refractivity (Wildman–Crippen MR) is 76.0 cm³/mol. The molecule has 0 spiro atoms. The van der Waals surface area contributed by atoms with Crippen LogP contribution in [-0.4, -0.2) is 10.9 Å². The summed E-state index contributed by atoms with van der Waals surface area (Å²) in [5.74, 6) is -0.650. The maximum atomic E-state index is 13.3. The second-order valence-corrected chi connectivity index (χ2v) is 4.55. The maximum absolute atomic E-state index is 13.3. The first kappa shape index (κ1) is 14.1. The summed E-state index contributed by atoms with van der Waals surface area (Å²) in [5.41, 5.74) is 8.32. The second kappa shape index (κ2) is 5.79. The van der Waals surface area contributed by atoms with Crippen molar-refractivity contribution in [2.45, 2.75) is 20.4 Å². The van der Waals surface area contributed by atoms with Crippen molar-refractivity contribution in [2.75, 3.05) is 5.32 Å². The molecule has 0 bridgehead atoms. The van der Waals surface area contributed by atoms with Crippen molar-refractivity contribution in [2.24, 2.45) is 5.73 Å². The quantitative estimate of drug-likeness (QED) is 0.903. The van der Waals surface area contributed by atoms with E-state index in [2.05, 4.69) is 10.3 Å². The highest BCUT2D eigenvalue weighted by atomic mass is 19.1. The van der Waals surface area contributed by atoms with Crippen LogP contribution in [-0.2, 0) is 6.54 Å². The monoisotopic (exact) mass is 273 g/mol. The van der Waals surface area contributed by atoms with E-state index < -0.39 is 0 Å². The lowest BCUT2D eigenvalue weighted by Gasteiger charge is -2.09. The van der Waals surface area contributed by atoms with E-state index in [1.54, 1.807) is 19.1 Å². The number of halogens is 1. The Morgan fingerprint density at radius 1 is 1.30 bits per heavy atom. The lowest BCUT2D eigenvalue weighted by molar-refractivity contribution is 0.102. The minimum Gasteiger partial charge on any atom is -0.326 e. The van der Waals surface area contributed by atoms with Gasteiger partial charge >= 0.3 is 0 Å². The van der Waals surface area contributed by atoms with E-state index in [1.165, 1.54) is 18.2 Å². The molecule has 104 valence electrons. The number of carbonyl (C=O) groups excluding carboxylic acids is 1. The van der Waals surface area contributed by atoms with Crippen LogP contribution < -0.4 is 11.1 Å². The van der Waals surface area contributed by atoms with Crippen molar-refractivity contribution in [3.8, 4) is 0 Å². The molecule has 1 heterocycles. The van der Waals surface area contributed by atoms with Gasteiger partial charge in [-0.2, -0.15) is 0 Å². The number of aromatic nitrogens is 1. The van der Waals surface area contributed by atoms with Crippen LogP contribution in [0, 0.1) is 19.7 Å². The number of benzene rings is 1. The number of hydrogen-bond acceptors (Lipinski definition) is 3. The largest absolute Gasteiger partial charge is 0.326 e. The zero-order valence-electron chi connectivity index (χ0n) is 11.4. The first-order valence-corrected chi connectivity index (χ1v) is 6.25. The Morgan fingerprint density at radius 2 is 2.05 bits per heavy atom. The lowest BCUT2D eigenvalue weighted by atomic mass is 10.1. The summed E-state index contributed by atoms with van der Waals surface area (Å²) in [6.07, 6.45) is 0. The van der Waals surface area contributed by atoms with Crippen LogP contribution in [0.1, 0.15) is 27.3 Å². The summed E-state index contributed by atoms with van der Waals surface area (Å²) < 4.78 is 13.3. The predicted octanol–water partition coefficient (Wildman–Crippen LogP) is 2.55. The molecular weight excluding hydrogens is 257 g/mol. The van der Waals surface area contributed by atoms with E-state index in [9.17, 15) is 9.18 Å². The molecule has 20 heavy (non-hydrogen) atoms. The second-order valence-electron chi connectivity index (χ2n) is 4.55. The Hall–Kier alpha value is -2.27. The maximum Gasteiger partial charge on any atom is 0.257 e. The van der Waals surface area contributed by atoms with Gasteiger partial charge in [-0.05, 0) is 44.2 Å². The summed E-state index contributed by atoms with van der Waals surface area (Å²) in [6, 6.07) is 7.82. The van der Waals surface area contributed by atoms with E-state index in [4.69, 9.17) is 5.73 Å². The summed E-state index contributed by atoms with van der Waals surface area (Å²) in [7, 11) is 0. The number of pyridine rings is 1. The molecule has 2 rings (SSSR count). The summed E-state index contributed by atoms with van der Waals surface area (Å²) in [5, 5.41) is 2.72. The molecule has 1 aromatic heterocycles. The Balaban J connectivity index is 2.23. The highest BCUT2D eigenvalue weighted by Gasteiger charge is 2.11. The van der Waals surface area contributed by atoms with Gasteiger partial charge in [-0.1, -0.05) is 0 Å². The minimum absolute atomic E-state index is 0.0840. The van der Waals surface area contributed by atoms with Crippen LogP contribution in [0.15, 0.2) is 30.3 Å². The molecule has 0 saturated carbocycles. The van der Waals surface area contributed by atoms with Gasteiger partial charge in [-0.25, -0.2) is 4.39 Å².